The molecule has 0 amide bonds. The number of hydrogen-bond acceptors (Lipinski definition) is 3. The molecule has 0 bridgehead atoms. The first-order valence-electron chi connectivity index (χ1n) is 7.82. The molecule has 0 aliphatic carbocycles. The Morgan fingerprint density at radius 1 is 1.15 bits per heavy atom. The number of rotatable bonds is 4. The smallest absolute Gasteiger partial charge is 0.390 e. The van der Waals surface area contributed by atoms with Crippen molar-refractivity contribution in [2.24, 2.45) is 0 Å². The summed E-state index contributed by atoms with van der Waals surface area (Å²) in [6.45, 7) is 0. The molecule has 2 aromatic carbocycles. The zero-order valence-electron chi connectivity index (χ0n) is 13.3. The maximum Gasteiger partial charge on any atom is 0.416 e. The minimum atomic E-state index is -4.53. The molecule has 0 N–H and O–H groups in total. The van der Waals surface area contributed by atoms with E-state index in [1.54, 1.807) is 24.3 Å². The number of ketones is 1. The Labute approximate surface area is 158 Å². The Bertz CT molecular complexity index is 813. The van der Waals surface area contributed by atoms with Crippen LogP contribution in [0.5, 0.6) is 5.75 Å². The third kappa shape index (κ3) is 3.68. The lowest BCUT2D eigenvalue weighted by Gasteiger charge is -2.36. The van der Waals surface area contributed by atoms with E-state index in [0.717, 1.165) is 16.7 Å². The SMILES string of the molecule is O=C(c1cccc(C(F)(F)F)c1)C1c2ccccc2ON(Cl)C1CCCl. The average Bonchev–Trinajstić information content (AvgIpc) is 2.61. The molecular weight excluding hydrogens is 390 g/mol. The molecule has 8 heteroatoms. The zero-order chi connectivity index (χ0) is 18.9. The second kappa shape index (κ2) is 7.47. The number of benzene rings is 2. The summed E-state index contributed by atoms with van der Waals surface area (Å²) >= 11 is 12.0. The fourth-order valence-corrected chi connectivity index (χ4v) is 3.54. The highest BCUT2D eigenvalue weighted by atomic mass is 35.5. The molecule has 138 valence electrons. The van der Waals surface area contributed by atoms with Gasteiger partial charge in [0.05, 0.1) is 17.5 Å². The molecule has 1 heterocycles. The van der Waals surface area contributed by atoms with Gasteiger partial charge in [-0.3, -0.25) is 4.79 Å². The molecule has 0 saturated heterocycles. The summed E-state index contributed by atoms with van der Waals surface area (Å²) in [4.78, 5) is 18.6. The van der Waals surface area contributed by atoms with Crippen molar-refractivity contribution in [2.75, 3.05) is 5.88 Å². The van der Waals surface area contributed by atoms with Crippen LogP contribution in [0.2, 0.25) is 0 Å². The van der Waals surface area contributed by atoms with Crippen molar-refractivity contribution in [1.29, 1.82) is 0 Å². The highest BCUT2D eigenvalue weighted by Crippen LogP contribution is 2.41. The summed E-state index contributed by atoms with van der Waals surface area (Å²) in [6, 6.07) is 10.6. The second-order valence-electron chi connectivity index (χ2n) is 5.87. The molecule has 2 unspecified atom stereocenters. The van der Waals surface area contributed by atoms with Gasteiger partial charge < -0.3 is 4.84 Å². The first kappa shape index (κ1) is 19.0. The monoisotopic (exact) mass is 403 g/mol. The lowest BCUT2D eigenvalue weighted by atomic mass is 9.82. The van der Waals surface area contributed by atoms with E-state index >= 15 is 0 Å². The van der Waals surface area contributed by atoms with E-state index in [-0.39, 0.29) is 11.4 Å². The van der Waals surface area contributed by atoms with Crippen LogP contribution in [0.1, 0.15) is 33.8 Å². The minimum absolute atomic E-state index is 0.0360. The van der Waals surface area contributed by atoms with Crippen LogP contribution in [0, 0.1) is 0 Å². The van der Waals surface area contributed by atoms with Crippen molar-refractivity contribution in [2.45, 2.75) is 24.6 Å². The largest absolute Gasteiger partial charge is 0.416 e. The number of hydrogen-bond donors (Lipinski definition) is 0. The first-order valence-corrected chi connectivity index (χ1v) is 8.69. The van der Waals surface area contributed by atoms with Crippen LogP contribution in [0.3, 0.4) is 0 Å². The fourth-order valence-electron chi connectivity index (χ4n) is 3.03. The van der Waals surface area contributed by atoms with E-state index in [1.165, 1.54) is 12.1 Å². The quantitative estimate of drug-likeness (QED) is 0.387. The number of carbonyl (C=O) groups is 1. The third-order valence-corrected chi connectivity index (χ3v) is 4.78. The summed E-state index contributed by atoms with van der Waals surface area (Å²) in [6.07, 6.45) is -4.20. The van der Waals surface area contributed by atoms with Gasteiger partial charge in [0.25, 0.3) is 0 Å². The van der Waals surface area contributed by atoms with Gasteiger partial charge in [-0.2, -0.15) is 13.2 Å². The second-order valence-corrected chi connectivity index (χ2v) is 6.58. The Kier molecular flexibility index (Phi) is 5.46. The van der Waals surface area contributed by atoms with Gasteiger partial charge in [0, 0.05) is 28.8 Å². The number of nitrogens with zero attached hydrogens (tertiary/aromatic N) is 1. The minimum Gasteiger partial charge on any atom is -0.390 e. The highest BCUT2D eigenvalue weighted by Gasteiger charge is 2.41. The number of halogens is 5. The van der Waals surface area contributed by atoms with Gasteiger partial charge in [0.2, 0.25) is 0 Å². The third-order valence-electron chi connectivity index (χ3n) is 4.25. The van der Waals surface area contributed by atoms with Crippen LogP contribution in [0.4, 0.5) is 13.2 Å². The van der Waals surface area contributed by atoms with Crippen molar-refractivity contribution in [1.82, 2.24) is 4.58 Å². The molecule has 1 aliphatic heterocycles. The van der Waals surface area contributed by atoms with Crippen LogP contribution in [0.25, 0.3) is 0 Å². The van der Waals surface area contributed by atoms with Crippen LogP contribution in [-0.4, -0.2) is 22.3 Å². The normalized spacial score (nSPS) is 20.3. The summed E-state index contributed by atoms with van der Waals surface area (Å²) < 4.78 is 40.0. The highest BCUT2D eigenvalue weighted by molar-refractivity contribution is 6.18. The summed E-state index contributed by atoms with van der Waals surface area (Å²) in [7, 11) is 0. The average molecular weight is 404 g/mol. The maximum atomic E-state index is 13.1. The number of Topliss-reactive ketones (excluding diaryl/α,β-unsaturated/α-hetero) is 1. The van der Waals surface area contributed by atoms with Crippen LogP contribution in [-0.2, 0) is 6.18 Å². The van der Waals surface area contributed by atoms with Gasteiger partial charge in [-0.15, -0.1) is 11.6 Å². The van der Waals surface area contributed by atoms with E-state index in [1.807, 2.05) is 0 Å². The summed E-state index contributed by atoms with van der Waals surface area (Å²) in [5.74, 6) is -0.655. The lowest BCUT2D eigenvalue weighted by Crippen LogP contribution is -2.43. The fraction of sp³-hybridized carbons (Fsp3) is 0.278. The van der Waals surface area contributed by atoms with Crippen molar-refractivity contribution < 1.29 is 22.8 Å². The van der Waals surface area contributed by atoms with Crippen molar-refractivity contribution >= 4 is 29.2 Å². The van der Waals surface area contributed by atoms with Gasteiger partial charge >= 0.3 is 6.18 Å². The van der Waals surface area contributed by atoms with Crippen LogP contribution < -0.4 is 4.84 Å². The number of hydroxylamine groups is 1. The molecule has 0 fully saturated rings. The predicted molar refractivity (Wildman–Crippen MR) is 92.4 cm³/mol. The van der Waals surface area contributed by atoms with E-state index in [9.17, 15) is 18.0 Å². The Balaban J connectivity index is 2.06. The number of carbonyl (C=O) groups excluding carboxylic acids is 1. The van der Waals surface area contributed by atoms with Crippen molar-refractivity contribution in [3.8, 4) is 5.75 Å². The molecule has 1 aliphatic rings. The maximum absolute atomic E-state index is 13.1. The van der Waals surface area contributed by atoms with Crippen LogP contribution >= 0.6 is 23.4 Å². The van der Waals surface area contributed by atoms with Gasteiger partial charge in [-0.05, 0) is 29.2 Å². The first-order chi connectivity index (χ1) is 12.3. The zero-order valence-corrected chi connectivity index (χ0v) is 14.9. The molecule has 3 rings (SSSR count). The van der Waals surface area contributed by atoms with E-state index in [2.05, 4.69) is 0 Å². The topological polar surface area (TPSA) is 29.5 Å². The van der Waals surface area contributed by atoms with E-state index < -0.39 is 29.5 Å². The van der Waals surface area contributed by atoms with Crippen molar-refractivity contribution in [3.63, 3.8) is 0 Å². The Hall–Kier alpha value is -1.76. The number of alkyl halides is 4. The molecular formula is C18H14Cl2F3NO2. The summed E-state index contributed by atoms with van der Waals surface area (Å²) in [5, 5.41) is 0. The lowest BCUT2D eigenvalue weighted by molar-refractivity contribution is -0.137. The van der Waals surface area contributed by atoms with Crippen LogP contribution in [0.15, 0.2) is 48.5 Å². The molecule has 0 radical (unpaired) electrons. The standard InChI is InChI=1S/C18H14Cl2F3NO2/c19-9-8-14-16(13-6-1-2-7-15(13)26-24(14)20)17(25)11-4-3-5-12(10-11)18(21,22)23/h1-7,10,14,16H,8-9H2. The van der Waals surface area contributed by atoms with Gasteiger partial charge in [0.15, 0.2) is 11.5 Å². The molecule has 0 aromatic heterocycles. The number of fused-ring (bicyclic) bond motifs is 1. The van der Waals surface area contributed by atoms with Gasteiger partial charge in [-0.1, -0.05) is 30.3 Å². The van der Waals surface area contributed by atoms with Gasteiger partial charge in [0.1, 0.15) is 0 Å². The Morgan fingerprint density at radius 2 is 1.88 bits per heavy atom. The van der Waals surface area contributed by atoms with E-state index in [4.69, 9.17) is 28.2 Å². The molecule has 2 aromatic rings. The van der Waals surface area contributed by atoms with Gasteiger partial charge in [-0.25, -0.2) is 0 Å². The molecule has 0 saturated carbocycles. The number of para-hydroxylation sites is 1. The van der Waals surface area contributed by atoms with E-state index in [0.29, 0.717) is 17.7 Å². The predicted octanol–water partition coefficient (Wildman–Crippen LogP) is 5.43. The summed E-state index contributed by atoms with van der Waals surface area (Å²) in [5.41, 5.74) is -0.339. The molecule has 2 atom stereocenters. The molecule has 26 heavy (non-hydrogen) atoms. The van der Waals surface area contributed by atoms with Crippen molar-refractivity contribution in [3.05, 3.63) is 65.2 Å². The molecule has 3 nitrogen and oxygen atoms in total. The molecule has 0 spiro atoms. The Morgan fingerprint density at radius 3 is 2.58 bits per heavy atom.